The van der Waals surface area contributed by atoms with Gasteiger partial charge >= 0.3 is 0 Å². The van der Waals surface area contributed by atoms with E-state index < -0.39 is 11.0 Å². The summed E-state index contributed by atoms with van der Waals surface area (Å²) in [5, 5.41) is 5.01. The first-order valence-corrected chi connectivity index (χ1v) is 14.9. The second-order valence-corrected chi connectivity index (χ2v) is 11.6. The predicted molar refractivity (Wildman–Crippen MR) is 159 cm³/mol. The highest BCUT2D eigenvalue weighted by Gasteiger charge is 2.38. The van der Waals surface area contributed by atoms with Gasteiger partial charge in [0.05, 0.1) is 16.5 Å². The Morgan fingerprint density at radius 1 is 1.03 bits per heavy atom. The fraction of sp³-hybridized carbons (Fsp3) is 0.536. The first kappa shape index (κ1) is 30.8. The number of nitrogens with one attached hydrogen (secondary N) is 2. The molecule has 0 saturated carbocycles. The minimum atomic E-state index is -1.23. The normalized spacial score (nSPS) is 21.8. The van der Waals surface area contributed by atoms with Crippen LogP contribution in [0.2, 0.25) is 15.1 Å². The Bertz CT molecular complexity index is 1050. The Labute approximate surface area is 245 Å². The van der Waals surface area contributed by atoms with Crippen LogP contribution in [0, 0.1) is 0 Å². The molecule has 0 bridgehead atoms. The SMILES string of the molecule is CCCCCCCCCCCCC(=O)NC1(Cl)C=CC=CC1N=C1CC(=O)N(c2c(Cl)cc(Cl)cc2Cl)N1. The molecule has 2 aliphatic rings. The first-order chi connectivity index (χ1) is 18.2. The molecule has 6 nitrogen and oxygen atoms in total. The number of amidine groups is 1. The van der Waals surface area contributed by atoms with E-state index in [1.807, 2.05) is 6.08 Å². The summed E-state index contributed by atoms with van der Waals surface area (Å²) < 4.78 is 0. The standard InChI is InChI=1S/C28H36Cl4N4O2/c1-2-3-4-5-6-7-8-9-10-11-15-25(37)34-28(32)16-13-12-14-23(28)33-24-19-26(38)36(35-24)27-21(30)17-20(29)18-22(27)31/h12-14,16-18,23H,2-11,15,19H2,1H3,(H,33,35)(H,34,37). The summed E-state index contributed by atoms with van der Waals surface area (Å²) in [4.78, 5) is 28.8. The molecule has 10 heteroatoms. The summed E-state index contributed by atoms with van der Waals surface area (Å²) in [6.45, 7) is 2.23. The van der Waals surface area contributed by atoms with Crippen molar-refractivity contribution in [3.05, 3.63) is 51.5 Å². The minimum absolute atomic E-state index is 0.00284. The summed E-state index contributed by atoms with van der Waals surface area (Å²) in [7, 11) is 0. The monoisotopic (exact) mass is 600 g/mol. The maximum Gasteiger partial charge on any atom is 0.253 e. The molecule has 1 aliphatic carbocycles. The number of halogens is 4. The van der Waals surface area contributed by atoms with Crippen LogP contribution in [0.5, 0.6) is 0 Å². The van der Waals surface area contributed by atoms with E-state index in [0.717, 1.165) is 19.3 Å². The van der Waals surface area contributed by atoms with Crippen LogP contribution in [0.15, 0.2) is 41.4 Å². The molecular weight excluding hydrogens is 566 g/mol. The fourth-order valence-corrected chi connectivity index (χ4v) is 5.82. The van der Waals surface area contributed by atoms with E-state index in [-0.39, 0.29) is 28.3 Å². The third kappa shape index (κ3) is 8.90. The van der Waals surface area contributed by atoms with Gasteiger partial charge in [0.15, 0.2) is 5.00 Å². The summed E-state index contributed by atoms with van der Waals surface area (Å²) in [6, 6.07) is 2.41. The molecule has 2 atom stereocenters. The zero-order valence-electron chi connectivity index (χ0n) is 21.7. The van der Waals surface area contributed by atoms with Gasteiger partial charge < -0.3 is 5.32 Å². The number of hydrogen-bond donors (Lipinski definition) is 2. The third-order valence-corrected chi connectivity index (χ3v) is 7.81. The minimum Gasteiger partial charge on any atom is -0.332 e. The number of anilines is 1. The van der Waals surface area contributed by atoms with Crippen molar-refractivity contribution >= 4 is 69.7 Å². The first-order valence-electron chi connectivity index (χ1n) is 13.4. The number of hydrazine groups is 1. The molecule has 1 saturated heterocycles. The Morgan fingerprint density at radius 3 is 2.26 bits per heavy atom. The van der Waals surface area contributed by atoms with Gasteiger partial charge in [0, 0.05) is 11.4 Å². The number of unbranched alkanes of at least 4 members (excludes halogenated alkanes) is 9. The lowest BCUT2D eigenvalue weighted by molar-refractivity contribution is -0.122. The Kier molecular flexibility index (Phi) is 12.3. The summed E-state index contributed by atoms with van der Waals surface area (Å²) in [5.41, 5.74) is 3.26. The highest BCUT2D eigenvalue weighted by molar-refractivity contribution is 6.42. The Balaban J connectivity index is 1.51. The topological polar surface area (TPSA) is 73.8 Å². The van der Waals surface area contributed by atoms with E-state index >= 15 is 0 Å². The molecule has 0 aromatic heterocycles. The highest BCUT2D eigenvalue weighted by atomic mass is 35.5. The van der Waals surface area contributed by atoms with Crippen molar-refractivity contribution in [2.75, 3.05) is 5.01 Å². The van der Waals surface area contributed by atoms with Crippen LogP contribution in [0.1, 0.15) is 84.0 Å². The molecule has 1 aromatic carbocycles. The van der Waals surface area contributed by atoms with Crippen LogP contribution in [0.25, 0.3) is 0 Å². The van der Waals surface area contributed by atoms with E-state index in [2.05, 4.69) is 22.7 Å². The van der Waals surface area contributed by atoms with E-state index in [9.17, 15) is 9.59 Å². The molecule has 2 unspecified atom stereocenters. The van der Waals surface area contributed by atoms with Crippen molar-refractivity contribution in [2.45, 2.75) is 95.0 Å². The zero-order chi connectivity index (χ0) is 27.5. The van der Waals surface area contributed by atoms with Crippen LogP contribution in [0.4, 0.5) is 5.69 Å². The molecule has 3 rings (SSSR count). The van der Waals surface area contributed by atoms with E-state index in [0.29, 0.717) is 23.0 Å². The average molecular weight is 602 g/mol. The van der Waals surface area contributed by atoms with Gasteiger partial charge in [0.2, 0.25) is 5.91 Å². The van der Waals surface area contributed by atoms with Gasteiger partial charge in [-0.05, 0) is 24.6 Å². The lowest BCUT2D eigenvalue weighted by Crippen LogP contribution is -2.51. The molecule has 208 valence electrons. The second-order valence-electron chi connectivity index (χ2n) is 9.75. The van der Waals surface area contributed by atoms with Crippen LogP contribution in [-0.2, 0) is 9.59 Å². The number of carbonyl (C=O) groups is 2. The Hall–Kier alpha value is -1.73. The van der Waals surface area contributed by atoms with Gasteiger partial charge in [-0.2, -0.15) is 0 Å². The fourth-order valence-electron chi connectivity index (χ4n) is 4.53. The molecule has 0 radical (unpaired) electrons. The summed E-state index contributed by atoms with van der Waals surface area (Å²) in [5.74, 6) is -0.0205. The highest BCUT2D eigenvalue weighted by Crippen LogP contribution is 2.37. The van der Waals surface area contributed by atoms with E-state index in [4.69, 9.17) is 46.4 Å². The molecule has 1 aliphatic heterocycles. The van der Waals surface area contributed by atoms with E-state index in [1.54, 1.807) is 18.2 Å². The lowest BCUT2D eigenvalue weighted by atomic mass is 10.0. The molecule has 2 amide bonds. The van der Waals surface area contributed by atoms with Crippen LogP contribution >= 0.6 is 46.4 Å². The molecule has 0 spiro atoms. The molecule has 1 aromatic rings. The van der Waals surface area contributed by atoms with Crippen molar-refractivity contribution in [3.8, 4) is 0 Å². The third-order valence-electron chi connectivity index (χ3n) is 6.57. The molecular formula is C28H36Cl4N4O2. The van der Waals surface area contributed by atoms with Gasteiger partial charge in [-0.15, -0.1) is 0 Å². The number of benzene rings is 1. The van der Waals surface area contributed by atoms with Crippen molar-refractivity contribution in [3.63, 3.8) is 0 Å². The summed E-state index contributed by atoms with van der Waals surface area (Å²) >= 11 is 25.4. The van der Waals surface area contributed by atoms with Gasteiger partial charge in [0.1, 0.15) is 17.6 Å². The maximum absolute atomic E-state index is 12.7. The van der Waals surface area contributed by atoms with Crippen molar-refractivity contribution < 1.29 is 9.59 Å². The molecule has 38 heavy (non-hydrogen) atoms. The number of nitrogens with zero attached hydrogens (tertiary/aromatic N) is 2. The van der Waals surface area contributed by atoms with Crippen LogP contribution in [0.3, 0.4) is 0 Å². The maximum atomic E-state index is 12.7. The quantitative estimate of drug-likeness (QED) is 0.128. The number of carbonyl (C=O) groups excluding carboxylic acids is 2. The van der Waals surface area contributed by atoms with Gasteiger partial charge in [-0.1, -0.05) is 129 Å². The summed E-state index contributed by atoms with van der Waals surface area (Å²) in [6.07, 6.45) is 19.5. The zero-order valence-corrected chi connectivity index (χ0v) is 24.8. The van der Waals surface area contributed by atoms with Crippen molar-refractivity contribution in [2.24, 2.45) is 4.99 Å². The number of alkyl halides is 1. The largest absolute Gasteiger partial charge is 0.332 e. The number of rotatable bonds is 14. The van der Waals surface area contributed by atoms with Gasteiger partial charge in [-0.3, -0.25) is 20.0 Å². The second kappa shape index (κ2) is 15.2. The lowest BCUT2D eigenvalue weighted by Gasteiger charge is -2.31. The number of aliphatic imine (C=N–C) groups is 1. The number of amides is 2. The van der Waals surface area contributed by atoms with Gasteiger partial charge in [0.25, 0.3) is 5.91 Å². The number of allylic oxidation sites excluding steroid dienone is 2. The molecule has 1 fully saturated rings. The Morgan fingerprint density at radius 2 is 1.63 bits per heavy atom. The predicted octanol–water partition coefficient (Wildman–Crippen LogP) is 8.14. The molecule has 2 N–H and O–H groups in total. The van der Waals surface area contributed by atoms with Crippen molar-refractivity contribution in [1.82, 2.24) is 10.7 Å². The van der Waals surface area contributed by atoms with Crippen molar-refractivity contribution in [1.29, 1.82) is 0 Å². The molecule has 1 heterocycles. The van der Waals surface area contributed by atoms with Crippen LogP contribution in [-0.4, -0.2) is 28.7 Å². The van der Waals surface area contributed by atoms with E-state index in [1.165, 1.54) is 62.1 Å². The average Bonchev–Trinajstić information content (AvgIpc) is 3.20. The van der Waals surface area contributed by atoms with Crippen LogP contribution < -0.4 is 15.8 Å². The number of hydrogen-bond acceptors (Lipinski definition) is 3. The smallest absolute Gasteiger partial charge is 0.253 e. The van der Waals surface area contributed by atoms with Gasteiger partial charge in [-0.25, -0.2) is 5.01 Å².